The topological polar surface area (TPSA) is 97.1 Å². The third-order valence-electron chi connectivity index (χ3n) is 4.10. The zero-order valence-electron chi connectivity index (χ0n) is 16.0. The molecule has 0 bridgehead atoms. The van der Waals surface area contributed by atoms with Gasteiger partial charge in [-0.05, 0) is 36.1 Å². The van der Waals surface area contributed by atoms with E-state index in [4.69, 9.17) is 4.42 Å². The molecule has 0 aliphatic heterocycles. The molecule has 0 aliphatic carbocycles. The Bertz CT molecular complexity index is 964. The summed E-state index contributed by atoms with van der Waals surface area (Å²) in [4.78, 5) is 24.2. The van der Waals surface area contributed by atoms with Gasteiger partial charge in [0, 0.05) is 41.1 Å². The summed E-state index contributed by atoms with van der Waals surface area (Å²) >= 11 is 1.55. The average molecular weight is 398 g/mol. The number of aromatic nitrogens is 2. The highest BCUT2D eigenvalue weighted by Crippen LogP contribution is 2.22. The van der Waals surface area contributed by atoms with Crippen molar-refractivity contribution in [2.45, 2.75) is 33.6 Å². The van der Waals surface area contributed by atoms with Crippen molar-refractivity contribution in [3.8, 4) is 11.5 Å². The van der Waals surface area contributed by atoms with Gasteiger partial charge in [0.2, 0.25) is 23.6 Å². The number of carbonyl (C=O) groups excluding carboxylic acids is 2. The van der Waals surface area contributed by atoms with Crippen molar-refractivity contribution in [2.24, 2.45) is 5.92 Å². The van der Waals surface area contributed by atoms with Crippen molar-refractivity contribution in [1.29, 1.82) is 0 Å². The quantitative estimate of drug-likeness (QED) is 0.619. The molecule has 0 unspecified atom stereocenters. The summed E-state index contributed by atoms with van der Waals surface area (Å²) in [5.41, 5.74) is 3.10. The Morgan fingerprint density at radius 2 is 2.00 bits per heavy atom. The van der Waals surface area contributed by atoms with Crippen LogP contribution < -0.4 is 10.6 Å². The van der Waals surface area contributed by atoms with Crippen molar-refractivity contribution < 1.29 is 14.0 Å². The van der Waals surface area contributed by atoms with Crippen LogP contribution in [0.15, 0.2) is 39.4 Å². The van der Waals surface area contributed by atoms with Crippen LogP contribution in [0.3, 0.4) is 0 Å². The van der Waals surface area contributed by atoms with E-state index in [2.05, 4.69) is 20.8 Å². The zero-order valence-corrected chi connectivity index (χ0v) is 16.8. The first-order valence-corrected chi connectivity index (χ1v) is 9.93. The molecule has 8 heteroatoms. The Hall–Kier alpha value is -3.00. The number of rotatable bonds is 7. The minimum Gasteiger partial charge on any atom is -0.421 e. The molecule has 2 amide bonds. The van der Waals surface area contributed by atoms with Crippen LogP contribution in [0.2, 0.25) is 0 Å². The molecular formula is C20H22N4O3S. The highest BCUT2D eigenvalue weighted by atomic mass is 32.1. The van der Waals surface area contributed by atoms with Gasteiger partial charge < -0.3 is 15.1 Å². The fourth-order valence-corrected chi connectivity index (χ4v) is 3.04. The number of nitrogens with zero attached hydrogens (tertiary/aromatic N) is 2. The van der Waals surface area contributed by atoms with Gasteiger partial charge >= 0.3 is 0 Å². The first-order chi connectivity index (χ1) is 13.4. The number of amides is 2. The summed E-state index contributed by atoms with van der Waals surface area (Å²) in [5, 5.41) is 17.6. The maximum absolute atomic E-state index is 12.3. The highest BCUT2D eigenvalue weighted by molar-refractivity contribution is 7.08. The molecule has 7 nitrogen and oxygen atoms in total. The lowest BCUT2D eigenvalue weighted by Gasteiger charge is -2.12. The number of hydrogen-bond donors (Lipinski definition) is 2. The second kappa shape index (κ2) is 8.79. The maximum atomic E-state index is 12.3. The molecule has 0 saturated carbocycles. The third-order valence-corrected chi connectivity index (χ3v) is 4.79. The lowest BCUT2D eigenvalue weighted by Crippen LogP contribution is -2.18. The van der Waals surface area contributed by atoms with Crippen LogP contribution in [-0.2, 0) is 16.0 Å². The van der Waals surface area contributed by atoms with E-state index in [1.54, 1.807) is 17.4 Å². The molecule has 2 N–H and O–H groups in total. The summed E-state index contributed by atoms with van der Waals surface area (Å²) in [7, 11) is 0. The normalized spacial score (nSPS) is 10.9. The number of anilines is 2. The van der Waals surface area contributed by atoms with Crippen molar-refractivity contribution in [1.82, 2.24) is 10.2 Å². The lowest BCUT2D eigenvalue weighted by molar-refractivity contribution is -0.119. The van der Waals surface area contributed by atoms with Crippen LogP contribution in [0.25, 0.3) is 11.5 Å². The van der Waals surface area contributed by atoms with E-state index < -0.39 is 0 Å². The Morgan fingerprint density at radius 1 is 1.18 bits per heavy atom. The van der Waals surface area contributed by atoms with Crippen LogP contribution in [-0.4, -0.2) is 22.0 Å². The molecule has 0 atom stereocenters. The monoisotopic (exact) mass is 398 g/mol. The van der Waals surface area contributed by atoms with Crippen molar-refractivity contribution in [3.63, 3.8) is 0 Å². The smallest absolute Gasteiger partial charge is 0.248 e. The number of thiophene rings is 1. The van der Waals surface area contributed by atoms with E-state index in [0.717, 1.165) is 11.1 Å². The van der Waals surface area contributed by atoms with Crippen LogP contribution in [0, 0.1) is 12.8 Å². The summed E-state index contributed by atoms with van der Waals surface area (Å²) in [5.74, 6) is 0.532. The van der Waals surface area contributed by atoms with E-state index in [0.29, 0.717) is 29.6 Å². The summed E-state index contributed by atoms with van der Waals surface area (Å²) in [6.45, 7) is 5.55. The summed E-state index contributed by atoms with van der Waals surface area (Å²) in [6.07, 6.45) is 0.569. The van der Waals surface area contributed by atoms with Gasteiger partial charge in [0.15, 0.2) is 0 Å². The molecule has 28 heavy (non-hydrogen) atoms. The maximum Gasteiger partial charge on any atom is 0.248 e. The molecule has 0 saturated heterocycles. The van der Waals surface area contributed by atoms with Crippen LogP contribution in [0.1, 0.15) is 31.7 Å². The van der Waals surface area contributed by atoms with E-state index in [1.807, 2.05) is 49.7 Å². The first-order valence-electron chi connectivity index (χ1n) is 8.98. The summed E-state index contributed by atoms with van der Waals surface area (Å²) in [6, 6.07) is 7.34. The second-order valence-corrected chi connectivity index (χ2v) is 7.51. The number of carbonyl (C=O) groups is 2. The molecule has 0 aliphatic rings. The lowest BCUT2D eigenvalue weighted by atomic mass is 10.1. The van der Waals surface area contributed by atoms with Crippen LogP contribution >= 0.6 is 11.3 Å². The van der Waals surface area contributed by atoms with Crippen molar-refractivity contribution in [3.05, 3.63) is 46.5 Å². The number of benzene rings is 1. The zero-order chi connectivity index (χ0) is 20.1. The van der Waals surface area contributed by atoms with Gasteiger partial charge in [0.05, 0.1) is 0 Å². The Kier molecular flexibility index (Phi) is 6.20. The van der Waals surface area contributed by atoms with Gasteiger partial charge in [-0.25, -0.2) is 0 Å². The van der Waals surface area contributed by atoms with Crippen LogP contribution in [0.4, 0.5) is 11.4 Å². The summed E-state index contributed by atoms with van der Waals surface area (Å²) < 4.78 is 5.59. The number of hydrogen-bond acceptors (Lipinski definition) is 6. The Morgan fingerprint density at radius 3 is 2.71 bits per heavy atom. The van der Waals surface area contributed by atoms with E-state index in [-0.39, 0.29) is 24.2 Å². The Labute approximate surface area is 167 Å². The van der Waals surface area contributed by atoms with Gasteiger partial charge in [0.1, 0.15) is 0 Å². The van der Waals surface area contributed by atoms with Crippen molar-refractivity contribution in [2.75, 3.05) is 10.6 Å². The van der Waals surface area contributed by atoms with Gasteiger partial charge in [-0.15, -0.1) is 10.2 Å². The molecule has 0 spiro atoms. The van der Waals surface area contributed by atoms with Crippen molar-refractivity contribution >= 4 is 34.5 Å². The molecule has 3 rings (SSSR count). The van der Waals surface area contributed by atoms with Crippen LogP contribution in [0.5, 0.6) is 0 Å². The van der Waals surface area contributed by atoms with E-state index in [1.165, 1.54) is 0 Å². The predicted molar refractivity (Wildman–Crippen MR) is 109 cm³/mol. The second-order valence-electron chi connectivity index (χ2n) is 6.73. The van der Waals surface area contributed by atoms with Gasteiger partial charge in [-0.1, -0.05) is 19.9 Å². The molecule has 2 heterocycles. The van der Waals surface area contributed by atoms with E-state index in [9.17, 15) is 9.59 Å². The third kappa shape index (κ3) is 5.04. The van der Waals surface area contributed by atoms with Gasteiger partial charge in [-0.3, -0.25) is 9.59 Å². The molecule has 1 aromatic carbocycles. The minimum absolute atomic E-state index is 0.0704. The highest BCUT2D eigenvalue weighted by Gasteiger charge is 2.13. The largest absolute Gasteiger partial charge is 0.421 e. The molecule has 146 valence electrons. The minimum atomic E-state index is -0.161. The molecular weight excluding hydrogens is 376 g/mol. The standard InChI is InChI=1S/C20H22N4O3S/c1-12(2)19(26)21-15-5-4-13(3)16(10-15)22-17(25)6-7-18-23-24-20(27-18)14-8-9-28-11-14/h4-5,8-12H,6-7H2,1-3H3,(H,21,26)(H,22,25). The van der Waals surface area contributed by atoms with Gasteiger partial charge in [-0.2, -0.15) is 11.3 Å². The fraction of sp³-hybridized carbons (Fsp3) is 0.300. The first kappa shape index (κ1) is 19.8. The molecule has 3 aromatic rings. The molecule has 0 fully saturated rings. The predicted octanol–water partition coefficient (Wildman–Crippen LogP) is 4.27. The van der Waals surface area contributed by atoms with Gasteiger partial charge in [0.25, 0.3) is 0 Å². The fourth-order valence-electron chi connectivity index (χ4n) is 2.41. The van der Waals surface area contributed by atoms with E-state index >= 15 is 0 Å². The SMILES string of the molecule is Cc1ccc(NC(=O)C(C)C)cc1NC(=O)CCc1nnc(-c2ccsc2)o1. The Balaban J connectivity index is 1.58. The average Bonchev–Trinajstić information content (AvgIpc) is 3.34. The molecule has 2 aromatic heterocycles. The number of aryl methyl sites for hydroxylation is 2. The molecule has 0 radical (unpaired) electrons. The number of nitrogens with one attached hydrogen (secondary N) is 2.